The third-order valence-corrected chi connectivity index (χ3v) is 3.93. The Morgan fingerprint density at radius 3 is 2.31 bits per heavy atom. The maximum absolute atomic E-state index is 5.87. The van der Waals surface area contributed by atoms with Crippen molar-refractivity contribution in [1.82, 2.24) is 0 Å². The Kier molecular flexibility index (Phi) is 7.06. The minimum absolute atomic E-state index is 0.337. The number of rotatable bonds is 9. The van der Waals surface area contributed by atoms with Gasteiger partial charge in [-0.05, 0) is 12.8 Å². The van der Waals surface area contributed by atoms with Crippen LogP contribution >= 0.6 is 0 Å². The first-order valence-electron chi connectivity index (χ1n) is 7.11. The van der Waals surface area contributed by atoms with E-state index in [0.717, 1.165) is 19.8 Å². The highest BCUT2D eigenvalue weighted by atomic mass is 16.5. The molecule has 0 aromatic heterocycles. The van der Waals surface area contributed by atoms with E-state index in [-0.39, 0.29) is 0 Å². The molecule has 2 N–H and O–H groups in total. The van der Waals surface area contributed by atoms with Gasteiger partial charge >= 0.3 is 0 Å². The van der Waals surface area contributed by atoms with Crippen LogP contribution in [0.2, 0.25) is 0 Å². The summed E-state index contributed by atoms with van der Waals surface area (Å²) in [4.78, 5) is 0. The van der Waals surface area contributed by atoms with Crippen molar-refractivity contribution in [2.24, 2.45) is 11.1 Å². The average molecular weight is 227 g/mol. The number of ether oxygens (including phenoxy) is 1. The second-order valence-electron chi connectivity index (χ2n) is 5.38. The highest BCUT2D eigenvalue weighted by Gasteiger charge is 2.32. The predicted octanol–water partition coefficient (Wildman–Crippen LogP) is 3.49. The van der Waals surface area contributed by atoms with E-state index in [1.165, 1.54) is 57.8 Å². The molecule has 0 saturated carbocycles. The fraction of sp³-hybridized carbons (Fsp3) is 1.00. The number of unbranched alkanes of at least 4 members (excludes halogenated alkanes) is 6. The van der Waals surface area contributed by atoms with Crippen molar-refractivity contribution in [2.75, 3.05) is 19.8 Å². The lowest BCUT2D eigenvalue weighted by Crippen LogP contribution is -2.30. The maximum Gasteiger partial charge on any atom is 0.0535 e. The van der Waals surface area contributed by atoms with Gasteiger partial charge < -0.3 is 10.5 Å². The molecule has 0 radical (unpaired) electrons. The minimum Gasteiger partial charge on any atom is -0.381 e. The van der Waals surface area contributed by atoms with E-state index in [1.54, 1.807) is 0 Å². The van der Waals surface area contributed by atoms with Gasteiger partial charge in [0.15, 0.2) is 0 Å². The molecule has 16 heavy (non-hydrogen) atoms. The Morgan fingerprint density at radius 2 is 1.75 bits per heavy atom. The third-order valence-electron chi connectivity index (χ3n) is 3.93. The lowest BCUT2D eigenvalue weighted by molar-refractivity contribution is 0.147. The summed E-state index contributed by atoms with van der Waals surface area (Å²) in [5.74, 6) is 0. The molecular formula is C14H29NO. The van der Waals surface area contributed by atoms with E-state index in [2.05, 4.69) is 6.92 Å². The van der Waals surface area contributed by atoms with Gasteiger partial charge in [-0.3, -0.25) is 0 Å². The molecule has 0 aliphatic carbocycles. The van der Waals surface area contributed by atoms with Crippen LogP contribution in [0.1, 0.15) is 64.7 Å². The van der Waals surface area contributed by atoms with Gasteiger partial charge in [-0.2, -0.15) is 0 Å². The zero-order valence-electron chi connectivity index (χ0n) is 11.0. The first kappa shape index (κ1) is 14.0. The van der Waals surface area contributed by atoms with Crippen LogP contribution in [0.25, 0.3) is 0 Å². The first-order valence-corrected chi connectivity index (χ1v) is 7.11. The SMILES string of the molecule is CCCCCCCCCC1(CN)CCOC1. The largest absolute Gasteiger partial charge is 0.381 e. The quantitative estimate of drug-likeness (QED) is 0.612. The lowest BCUT2D eigenvalue weighted by atomic mass is 9.82. The van der Waals surface area contributed by atoms with Gasteiger partial charge in [-0.1, -0.05) is 51.9 Å². The molecular weight excluding hydrogens is 198 g/mol. The number of hydrogen-bond donors (Lipinski definition) is 1. The molecule has 0 aromatic carbocycles. The topological polar surface area (TPSA) is 35.2 Å². The van der Waals surface area contributed by atoms with E-state index in [4.69, 9.17) is 10.5 Å². The van der Waals surface area contributed by atoms with Gasteiger partial charge in [0.25, 0.3) is 0 Å². The van der Waals surface area contributed by atoms with Crippen LogP contribution in [0.4, 0.5) is 0 Å². The fourth-order valence-corrected chi connectivity index (χ4v) is 2.57. The Labute approximate surface area is 101 Å². The molecule has 2 nitrogen and oxygen atoms in total. The van der Waals surface area contributed by atoms with Crippen LogP contribution in [0, 0.1) is 5.41 Å². The van der Waals surface area contributed by atoms with E-state index >= 15 is 0 Å². The molecule has 0 amide bonds. The van der Waals surface area contributed by atoms with Crippen molar-refractivity contribution in [1.29, 1.82) is 0 Å². The first-order chi connectivity index (χ1) is 7.83. The van der Waals surface area contributed by atoms with Crippen LogP contribution in [0.15, 0.2) is 0 Å². The molecule has 1 fully saturated rings. The van der Waals surface area contributed by atoms with E-state index < -0.39 is 0 Å². The average Bonchev–Trinajstić information content (AvgIpc) is 2.77. The van der Waals surface area contributed by atoms with Gasteiger partial charge in [0.1, 0.15) is 0 Å². The van der Waals surface area contributed by atoms with Gasteiger partial charge in [0.05, 0.1) is 6.61 Å². The summed E-state index contributed by atoms with van der Waals surface area (Å²) in [6.07, 6.45) is 12.2. The van der Waals surface area contributed by atoms with Crippen molar-refractivity contribution < 1.29 is 4.74 Å². The molecule has 1 heterocycles. The van der Waals surface area contributed by atoms with Gasteiger partial charge in [-0.15, -0.1) is 0 Å². The second-order valence-corrected chi connectivity index (χ2v) is 5.38. The summed E-state index contributed by atoms with van der Waals surface area (Å²) < 4.78 is 5.48. The molecule has 1 aliphatic rings. The number of hydrogen-bond acceptors (Lipinski definition) is 2. The van der Waals surface area contributed by atoms with Crippen LogP contribution in [0.3, 0.4) is 0 Å². The monoisotopic (exact) mass is 227 g/mol. The van der Waals surface area contributed by atoms with Crippen molar-refractivity contribution >= 4 is 0 Å². The van der Waals surface area contributed by atoms with Crippen LogP contribution in [-0.2, 0) is 4.74 Å². The Morgan fingerprint density at radius 1 is 1.06 bits per heavy atom. The molecule has 1 aliphatic heterocycles. The molecule has 0 bridgehead atoms. The van der Waals surface area contributed by atoms with Crippen LogP contribution in [0.5, 0.6) is 0 Å². The zero-order valence-corrected chi connectivity index (χ0v) is 11.0. The van der Waals surface area contributed by atoms with Gasteiger partial charge in [-0.25, -0.2) is 0 Å². The van der Waals surface area contributed by atoms with Crippen LogP contribution in [-0.4, -0.2) is 19.8 Å². The van der Waals surface area contributed by atoms with Gasteiger partial charge in [0, 0.05) is 18.6 Å². The minimum atomic E-state index is 0.337. The normalized spacial score (nSPS) is 25.1. The summed E-state index contributed by atoms with van der Waals surface area (Å²) in [7, 11) is 0. The standard InChI is InChI=1S/C14H29NO/c1-2-3-4-5-6-7-8-9-14(12-15)10-11-16-13-14/h2-13,15H2,1H3. The smallest absolute Gasteiger partial charge is 0.0535 e. The summed E-state index contributed by atoms with van der Waals surface area (Å²) in [6.45, 7) is 4.90. The molecule has 2 heteroatoms. The molecule has 0 spiro atoms. The number of nitrogens with two attached hydrogens (primary N) is 1. The summed E-state index contributed by atoms with van der Waals surface area (Å²) >= 11 is 0. The lowest BCUT2D eigenvalue weighted by Gasteiger charge is -2.25. The van der Waals surface area contributed by atoms with Crippen LogP contribution < -0.4 is 5.73 Å². The highest BCUT2D eigenvalue weighted by molar-refractivity contribution is 4.83. The summed E-state index contributed by atoms with van der Waals surface area (Å²) in [5, 5.41) is 0. The summed E-state index contributed by atoms with van der Waals surface area (Å²) in [6, 6.07) is 0. The van der Waals surface area contributed by atoms with E-state index in [1.807, 2.05) is 0 Å². The predicted molar refractivity (Wildman–Crippen MR) is 69.5 cm³/mol. The van der Waals surface area contributed by atoms with E-state index in [0.29, 0.717) is 5.41 Å². The summed E-state index contributed by atoms with van der Waals surface area (Å²) in [5.41, 5.74) is 6.21. The zero-order chi connectivity index (χ0) is 11.7. The Hall–Kier alpha value is -0.0800. The fourth-order valence-electron chi connectivity index (χ4n) is 2.57. The van der Waals surface area contributed by atoms with Crippen molar-refractivity contribution in [2.45, 2.75) is 64.7 Å². The van der Waals surface area contributed by atoms with Crippen molar-refractivity contribution in [3.63, 3.8) is 0 Å². The molecule has 96 valence electrons. The molecule has 1 saturated heterocycles. The van der Waals surface area contributed by atoms with Crippen molar-refractivity contribution in [3.8, 4) is 0 Å². The van der Waals surface area contributed by atoms with Gasteiger partial charge in [0.2, 0.25) is 0 Å². The molecule has 1 rings (SSSR count). The molecule has 0 aromatic rings. The molecule has 1 atom stereocenters. The van der Waals surface area contributed by atoms with Crippen molar-refractivity contribution in [3.05, 3.63) is 0 Å². The molecule has 1 unspecified atom stereocenters. The third kappa shape index (κ3) is 4.84. The highest BCUT2D eigenvalue weighted by Crippen LogP contribution is 2.33. The van der Waals surface area contributed by atoms with E-state index in [9.17, 15) is 0 Å². The maximum atomic E-state index is 5.87. The Bertz CT molecular complexity index is 164. The second kappa shape index (κ2) is 8.08. The Balaban J connectivity index is 1.97.